The molecule has 3 N–H and O–H groups in total. The van der Waals surface area contributed by atoms with E-state index in [9.17, 15) is 4.79 Å². The quantitative estimate of drug-likeness (QED) is 0.809. The zero-order chi connectivity index (χ0) is 15.4. The van der Waals surface area contributed by atoms with Crippen molar-refractivity contribution >= 4 is 39.1 Å². The molecule has 0 atom stereocenters. The van der Waals surface area contributed by atoms with Crippen LogP contribution < -0.4 is 15.8 Å². The summed E-state index contributed by atoms with van der Waals surface area (Å²) in [7, 11) is 1.57. The van der Waals surface area contributed by atoms with Gasteiger partial charge in [-0.15, -0.1) is 0 Å². The number of anilines is 1. The molecule has 0 bridgehead atoms. The summed E-state index contributed by atoms with van der Waals surface area (Å²) in [5.41, 5.74) is 7.67. The van der Waals surface area contributed by atoms with Gasteiger partial charge in [0.1, 0.15) is 5.75 Å². The molecule has 0 fully saturated rings. The summed E-state index contributed by atoms with van der Waals surface area (Å²) < 4.78 is 5.99. The summed E-state index contributed by atoms with van der Waals surface area (Å²) in [6.07, 6.45) is 0. The zero-order valence-electron chi connectivity index (χ0n) is 11.3. The molecule has 0 aromatic heterocycles. The van der Waals surface area contributed by atoms with E-state index >= 15 is 0 Å². The van der Waals surface area contributed by atoms with E-state index < -0.39 is 0 Å². The third kappa shape index (κ3) is 3.89. The highest BCUT2D eigenvalue weighted by molar-refractivity contribution is 9.10. The molecule has 0 aliphatic rings. The highest BCUT2D eigenvalue weighted by Gasteiger charge is 2.09. The smallest absolute Gasteiger partial charge is 0.251 e. The molecular weight excluding hydrogens is 356 g/mol. The number of amides is 1. The Morgan fingerprint density at radius 3 is 2.76 bits per heavy atom. The Kier molecular flexibility index (Phi) is 5.09. The van der Waals surface area contributed by atoms with Crippen molar-refractivity contribution in [3.8, 4) is 5.75 Å². The molecule has 4 nitrogen and oxygen atoms in total. The minimum Gasteiger partial charge on any atom is -0.496 e. The van der Waals surface area contributed by atoms with Crippen molar-refractivity contribution in [2.75, 3.05) is 12.8 Å². The maximum Gasteiger partial charge on any atom is 0.251 e. The maximum absolute atomic E-state index is 12.1. The van der Waals surface area contributed by atoms with Crippen molar-refractivity contribution in [3.63, 3.8) is 0 Å². The number of nitrogen functional groups attached to an aromatic ring is 1. The van der Waals surface area contributed by atoms with Crippen LogP contribution in [0.4, 0.5) is 5.69 Å². The van der Waals surface area contributed by atoms with Crippen LogP contribution in [0, 0.1) is 0 Å². The average molecular weight is 370 g/mol. The number of hydrogen-bond acceptors (Lipinski definition) is 3. The minimum atomic E-state index is -0.214. The Morgan fingerprint density at radius 1 is 1.33 bits per heavy atom. The Balaban J connectivity index is 2.10. The summed E-state index contributed by atoms with van der Waals surface area (Å²) in [5.74, 6) is 0.465. The first-order valence-corrected chi connectivity index (χ1v) is 7.34. The van der Waals surface area contributed by atoms with E-state index in [4.69, 9.17) is 22.1 Å². The Bertz CT molecular complexity index is 677. The number of methoxy groups -OCH3 is 1. The van der Waals surface area contributed by atoms with Crippen LogP contribution in [0.2, 0.25) is 5.02 Å². The van der Waals surface area contributed by atoms with Crippen LogP contribution >= 0.6 is 27.5 Å². The number of hydrogen-bond donors (Lipinski definition) is 2. The SMILES string of the molecule is COc1ccc(N)cc1CNC(=O)c1ccc(Br)c(Cl)c1. The molecule has 2 aromatic carbocycles. The number of carbonyl (C=O) groups excluding carboxylic acids is 1. The fourth-order valence-electron chi connectivity index (χ4n) is 1.85. The van der Waals surface area contributed by atoms with Gasteiger partial charge in [-0.25, -0.2) is 0 Å². The molecule has 110 valence electrons. The number of nitrogens with two attached hydrogens (primary N) is 1. The van der Waals surface area contributed by atoms with Crippen molar-refractivity contribution in [1.82, 2.24) is 5.32 Å². The monoisotopic (exact) mass is 368 g/mol. The lowest BCUT2D eigenvalue weighted by molar-refractivity contribution is 0.0950. The van der Waals surface area contributed by atoms with Crippen molar-refractivity contribution < 1.29 is 9.53 Å². The van der Waals surface area contributed by atoms with Gasteiger partial charge in [-0.05, 0) is 52.3 Å². The van der Waals surface area contributed by atoms with E-state index in [1.54, 1.807) is 43.5 Å². The van der Waals surface area contributed by atoms with Gasteiger partial charge < -0.3 is 15.8 Å². The van der Waals surface area contributed by atoms with Crippen LogP contribution in [-0.2, 0) is 6.54 Å². The van der Waals surface area contributed by atoms with Gasteiger partial charge in [0.05, 0.1) is 12.1 Å². The van der Waals surface area contributed by atoms with Crippen LogP contribution in [-0.4, -0.2) is 13.0 Å². The van der Waals surface area contributed by atoms with Gasteiger partial charge in [0, 0.05) is 27.8 Å². The Labute approximate surface area is 136 Å². The van der Waals surface area contributed by atoms with Crippen LogP contribution in [0.5, 0.6) is 5.75 Å². The molecule has 0 aliphatic carbocycles. The number of nitrogens with one attached hydrogen (secondary N) is 1. The molecule has 0 heterocycles. The van der Waals surface area contributed by atoms with Gasteiger partial charge in [0.2, 0.25) is 0 Å². The van der Waals surface area contributed by atoms with Gasteiger partial charge in [-0.2, -0.15) is 0 Å². The highest BCUT2D eigenvalue weighted by Crippen LogP contribution is 2.24. The number of halogens is 2. The minimum absolute atomic E-state index is 0.214. The predicted molar refractivity (Wildman–Crippen MR) is 87.7 cm³/mol. The van der Waals surface area contributed by atoms with Crippen LogP contribution in [0.15, 0.2) is 40.9 Å². The molecule has 0 aliphatic heterocycles. The third-order valence-corrected chi connectivity index (χ3v) is 4.16. The standard InChI is InChI=1S/C15H14BrClN2O2/c1-21-14-5-3-11(18)6-10(14)8-19-15(20)9-2-4-12(16)13(17)7-9/h2-7H,8,18H2,1H3,(H,19,20). The van der Waals surface area contributed by atoms with Crippen LogP contribution in [0.3, 0.4) is 0 Å². The fraction of sp³-hybridized carbons (Fsp3) is 0.133. The molecule has 0 saturated carbocycles. The van der Waals surface area contributed by atoms with Gasteiger partial charge in [-0.1, -0.05) is 11.6 Å². The largest absolute Gasteiger partial charge is 0.496 e. The molecule has 2 aromatic rings. The first kappa shape index (κ1) is 15.7. The van der Waals surface area contributed by atoms with Crippen molar-refractivity contribution in [1.29, 1.82) is 0 Å². The molecule has 0 radical (unpaired) electrons. The fourth-order valence-corrected chi connectivity index (χ4v) is 2.28. The maximum atomic E-state index is 12.1. The molecule has 6 heteroatoms. The van der Waals surface area contributed by atoms with Gasteiger partial charge in [-0.3, -0.25) is 4.79 Å². The molecular formula is C15H14BrClN2O2. The molecule has 1 amide bonds. The predicted octanol–water partition coefficient (Wildman–Crippen LogP) is 3.62. The lowest BCUT2D eigenvalue weighted by Crippen LogP contribution is -2.23. The van der Waals surface area contributed by atoms with E-state index in [2.05, 4.69) is 21.2 Å². The number of carbonyl (C=O) groups is 1. The number of benzene rings is 2. The van der Waals surface area contributed by atoms with E-state index in [1.807, 2.05) is 0 Å². The molecule has 0 unspecified atom stereocenters. The summed E-state index contributed by atoms with van der Waals surface area (Å²) in [6, 6.07) is 10.3. The van der Waals surface area contributed by atoms with E-state index in [1.165, 1.54) is 0 Å². The highest BCUT2D eigenvalue weighted by atomic mass is 79.9. The van der Waals surface area contributed by atoms with Gasteiger partial charge in [0.15, 0.2) is 0 Å². The van der Waals surface area contributed by atoms with E-state index in [0.29, 0.717) is 28.6 Å². The summed E-state index contributed by atoms with van der Waals surface area (Å²) in [5, 5.41) is 3.31. The van der Waals surface area contributed by atoms with Crippen LogP contribution in [0.25, 0.3) is 0 Å². The first-order valence-electron chi connectivity index (χ1n) is 6.17. The van der Waals surface area contributed by atoms with Crippen molar-refractivity contribution in [3.05, 3.63) is 57.0 Å². The average Bonchev–Trinajstić information content (AvgIpc) is 2.47. The lowest BCUT2D eigenvalue weighted by atomic mass is 10.1. The Hall–Kier alpha value is -1.72. The Morgan fingerprint density at radius 2 is 2.10 bits per heavy atom. The molecule has 0 spiro atoms. The van der Waals surface area contributed by atoms with E-state index in [-0.39, 0.29) is 5.91 Å². The van der Waals surface area contributed by atoms with Crippen molar-refractivity contribution in [2.45, 2.75) is 6.54 Å². The summed E-state index contributed by atoms with van der Waals surface area (Å²) in [6.45, 7) is 0.320. The lowest BCUT2D eigenvalue weighted by Gasteiger charge is -2.11. The zero-order valence-corrected chi connectivity index (χ0v) is 13.7. The normalized spacial score (nSPS) is 10.2. The number of rotatable bonds is 4. The summed E-state index contributed by atoms with van der Waals surface area (Å²) >= 11 is 9.27. The number of ether oxygens (including phenoxy) is 1. The second-order valence-corrected chi connectivity index (χ2v) is 5.64. The molecule has 0 saturated heterocycles. The second kappa shape index (κ2) is 6.83. The topological polar surface area (TPSA) is 64.3 Å². The summed E-state index contributed by atoms with van der Waals surface area (Å²) in [4.78, 5) is 12.1. The first-order chi connectivity index (χ1) is 10.0. The van der Waals surface area contributed by atoms with Crippen molar-refractivity contribution in [2.24, 2.45) is 0 Å². The van der Waals surface area contributed by atoms with Gasteiger partial charge in [0.25, 0.3) is 5.91 Å². The third-order valence-electron chi connectivity index (χ3n) is 2.93. The van der Waals surface area contributed by atoms with E-state index in [0.717, 1.165) is 10.0 Å². The van der Waals surface area contributed by atoms with Crippen LogP contribution in [0.1, 0.15) is 15.9 Å². The molecule has 2 rings (SSSR count). The van der Waals surface area contributed by atoms with Gasteiger partial charge >= 0.3 is 0 Å². The second-order valence-electron chi connectivity index (χ2n) is 4.38. The molecule has 21 heavy (non-hydrogen) atoms.